The van der Waals surface area contributed by atoms with Crippen molar-refractivity contribution in [3.8, 4) is 0 Å². The normalized spacial score (nSPS) is 10.4. The maximum Gasteiger partial charge on any atom is 0.339 e. The molecule has 76 valence electrons. The molecule has 0 aliphatic carbocycles. The van der Waals surface area contributed by atoms with Crippen LogP contribution in [0.1, 0.15) is 29.8 Å². The molecule has 0 bridgehead atoms. The number of ether oxygens (including phenoxy) is 1. The lowest BCUT2D eigenvalue weighted by molar-refractivity contribution is 0.0378. The molecule has 14 heavy (non-hydrogen) atoms. The number of carbonyl (C=O) groups is 1. The van der Waals surface area contributed by atoms with Crippen molar-refractivity contribution in [1.29, 1.82) is 0 Å². The Kier molecular flexibility index (Phi) is 3.53. The fraction of sp³-hybridized carbons (Fsp3) is 0.364. The number of carbonyl (C=O) groups excluding carboxylic acids is 1. The van der Waals surface area contributed by atoms with Crippen LogP contribution in [0.15, 0.2) is 18.2 Å². The summed E-state index contributed by atoms with van der Waals surface area (Å²) in [6.45, 7) is 5.47. The zero-order chi connectivity index (χ0) is 10.7. The van der Waals surface area contributed by atoms with E-state index in [9.17, 15) is 4.79 Å². The number of aryl methyl sites for hydroxylation is 1. The lowest BCUT2D eigenvalue weighted by Gasteiger charge is -2.09. The number of hydrogen-bond donors (Lipinski definition) is 0. The summed E-state index contributed by atoms with van der Waals surface area (Å²) in [4.78, 5) is 11.5. The average molecular weight is 213 g/mol. The Morgan fingerprint density at radius 3 is 2.64 bits per heavy atom. The van der Waals surface area contributed by atoms with Crippen LogP contribution in [0.5, 0.6) is 0 Å². The first-order valence-electron chi connectivity index (χ1n) is 4.48. The van der Waals surface area contributed by atoms with Gasteiger partial charge in [0.05, 0.1) is 16.7 Å². The molecule has 0 saturated heterocycles. The number of hydrogen-bond acceptors (Lipinski definition) is 2. The molecule has 0 spiro atoms. The molecule has 0 saturated carbocycles. The van der Waals surface area contributed by atoms with Crippen LogP contribution in [-0.2, 0) is 4.74 Å². The van der Waals surface area contributed by atoms with Gasteiger partial charge < -0.3 is 4.74 Å². The maximum absolute atomic E-state index is 11.5. The van der Waals surface area contributed by atoms with Gasteiger partial charge in [-0.3, -0.25) is 0 Å². The highest BCUT2D eigenvalue weighted by Gasteiger charge is 2.13. The molecule has 1 aromatic carbocycles. The highest BCUT2D eigenvalue weighted by atomic mass is 35.5. The third-order valence-electron chi connectivity index (χ3n) is 1.75. The van der Waals surface area contributed by atoms with Gasteiger partial charge >= 0.3 is 5.97 Å². The lowest BCUT2D eigenvalue weighted by Crippen LogP contribution is -2.12. The molecule has 0 unspecified atom stereocenters. The standard InChI is InChI=1S/C11H13ClO2/c1-7(2)14-11(13)9-6-4-5-8(3)10(9)12/h4-7H,1-3H3. The Hall–Kier alpha value is -1.02. The lowest BCUT2D eigenvalue weighted by atomic mass is 10.1. The Balaban J connectivity index is 2.96. The molecule has 0 aliphatic rings. The molecule has 2 nitrogen and oxygen atoms in total. The number of benzene rings is 1. The Bertz CT molecular complexity index is 345. The first-order valence-corrected chi connectivity index (χ1v) is 4.86. The van der Waals surface area contributed by atoms with Gasteiger partial charge in [-0.05, 0) is 32.4 Å². The van der Waals surface area contributed by atoms with Crippen LogP contribution in [0.25, 0.3) is 0 Å². The molecule has 3 heteroatoms. The van der Waals surface area contributed by atoms with Crippen molar-refractivity contribution in [3.05, 3.63) is 34.3 Å². The van der Waals surface area contributed by atoms with Crippen LogP contribution in [-0.4, -0.2) is 12.1 Å². The van der Waals surface area contributed by atoms with Gasteiger partial charge in [-0.15, -0.1) is 0 Å². The van der Waals surface area contributed by atoms with Gasteiger partial charge in [0.2, 0.25) is 0 Å². The summed E-state index contributed by atoms with van der Waals surface area (Å²) in [5.41, 5.74) is 1.31. The van der Waals surface area contributed by atoms with Crippen LogP contribution in [0, 0.1) is 6.92 Å². The van der Waals surface area contributed by atoms with Crippen molar-refractivity contribution in [2.45, 2.75) is 26.9 Å². The topological polar surface area (TPSA) is 26.3 Å². The molecule has 0 aliphatic heterocycles. The molecule has 1 rings (SSSR count). The number of halogens is 1. The van der Waals surface area contributed by atoms with Crippen molar-refractivity contribution in [1.82, 2.24) is 0 Å². The van der Waals surface area contributed by atoms with Crippen LogP contribution in [0.3, 0.4) is 0 Å². The third kappa shape index (κ3) is 2.48. The van der Waals surface area contributed by atoms with Gasteiger partial charge in [0.1, 0.15) is 0 Å². The number of esters is 1. The monoisotopic (exact) mass is 212 g/mol. The second-order valence-corrected chi connectivity index (χ2v) is 3.77. The molecule has 0 fully saturated rings. The van der Waals surface area contributed by atoms with Crippen molar-refractivity contribution in [3.63, 3.8) is 0 Å². The van der Waals surface area contributed by atoms with E-state index in [-0.39, 0.29) is 12.1 Å². The summed E-state index contributed by atoms with van der Waals surface area (Å²) in [6.07, 6.45) is -0.126. The van der Waals surface area contributed by atoms with Gasteiger partial charge in [0.25, 0.3) is 0 Å². The first-order chi connectivity index (χ1) is 6.52. The summed E-state index contributed by atoms with van der Waals surface area (Å²) < 4.78 is 5.05. The molecule has 0 atom stereocenters. The SMILES string of the molecule is Cc1cccc(C(=O)OC(C)C)c1Cl. The molecule has 0 aromatic heterocycles. The molecule has 0 N–H and O–H groups in total. The maximum atomic E-state index is 11.5. The quantitative estimate of drug-likeness (QED) is 0.704. The summed E-state index contributed by atoms with van der Waals surface area (Å²) in [6, 6.07) is 5.31. The molecule has 1 aromatic rings. The highest BCUT2D eigenvalue weighted by molar-refractivity contribution is 6.34. The van der Waals surface area contributed by atoms with E-state index in [4.69, 9.17) is 16.3 Å². The van der Waals surface area contributed by atoms with E-state index in [0.717, 1.165) is 5.56 Å². The van der Waals surface area contributed by atoms with Gasteiger partial charge in [0, 0.05) is 0 Å². The highest BCUT2D eigenvalue weighted by Crippen LogP contribution is 2.21. The van der Waals surface area contributed by atoms with Gasteiger partial charge in [-0.25, -0.2) is 4.79 Å². The molecule has 0 radical (unpaired) electrons. The fourth-order valence-corrected chi connectivity index (χ4v) is 1.29. The van der Waals surface area contributed by atoms with Crippen molar-refractivity contribution in [2.75, 3.05) is 0 Å². The minimum absolute atomic E-state index is 0.126. The smallest absolute Gasteiger partial charge is 0.339 e. The van der Waals surface area contributed by atoms with E-state index in [1.807, 2.05) is 26.8 Å². The molecule has 0 heterocycles. The molecular formula is C11H13ClO2. The van der Waals surface area contributed by atoms with E-state index >= 15 is 0 Å². The van der Waals surface area contributed by atoms with E-state index in [0.29, 0.717) is 10.6 Å². The minimum Gasteiger partial charge on any atom is -0.459 e. The van der Waals surface area contributed by atoms with Gasteiger partial charge in [-0.1, -0.05) is 23.7 Å². The second-order valence-electron chi connectivity index (χ2n) is 3.39. The Morgan fingerprint density at radius 2 is 2.07 bits per heavy atom. The average Bonchev–Trinajstić information content (AvgIpc) is 2.08. The van der Waals surface area contributed by atoms with Crippen molar-refractivity contribution in [2.24, 2.45) is 0 Å². The van der Waals surface area contributed by atoms with Crippen LogP contribution in [0.2, 0.25) is 5.02 Å². The van der Waals surface area contributed by atoms with Crippen LogP contribution >= 0.6 is 11.6 Å². The van der Waals surface area contributed by atoms with E-state index < -0.39 is 0 Å². The summed E-state index contributed by atoms with van der Waals surface area (Å²) in [7, 11) is 0. The molecule has 0 amide bonds. The second kappa shape index (κ2) is 4.47. The zero-order valence-electron chi connectivity index (χ0n) is 8.50. The fourth-order valence-electron chi connectivity index (χ4n) is 1.08. The zero-order valence-corrected chi connectivity index (χ0v) is 9.26. The van der Waals surface area contributed by atoms with Crippen molar-refractivity contribution >= 4 is 17.6 Å². The van der Waals surface area contributed by atoms with Crippen LogP contribution < -0.4 is 0 Å². The predicted octanol–water partition coefficient (Wildman–Crippen LogP) is 3.21. The molecular weight excluding hydrogens is 200 g/mol. The van der Waals surface area contributed by atoms with Gasteiger partial charge in [-0.2, -0.15) is 0 Å². The predicted molar refractivity (Wildman–Crippen MR) is 56.7 cm³/mol. The summed E-state index contributed by atoms with van der Waals surface area (Å²) >= 11 is 5.97. The number of rotatable bonds is 2. The first kappa shape index (κ1) is 11.1. The summed E-state index contributed by atoms with van der Waals surface area (Å²) in [5, 5.41) is 0.471. The van der Waals surface area contributed by atoms with Crippen molar-refractivity contribution < 1.29 is 9.53 Å². The van der Waals surface area contributed by atoms with Crippen LogP contribution in [0.4, 0.5) is 0 Å². The van der Waals surface area contributed by atoms with Gasteiger partial charge in [0.15, 0.2) is 0 Å². The summed E-state index contributed by atoms with van der Waals surface area (Å²) in [5.74, 6) is -0.367. The Labute approximate surface area is 88.8 Å². The van der Waals surface area contributed by atoms with E-state index in [1.54, 1.807) is 12.1 Å². The third-order valence-corrected chi connectivity index (χ3v) is 2.26. The van der Waals surface area contributed by atoms with E-state index in [1.165, 1.54) is 0 Å². The minimum atomic E-state index is -0.367. The van der Waals surface area contributed by atoms with E-state index in [2.05, 4.69) is 0 Å². The largest absolute Gasteiger partial charge is 0.459 e. The Morgan fingerprint density at radius 1 is 1.43 bits per heavy atom.